The van der Waals surface area contributed by atoms with E-state index >= 15 is 0 Å². The monoisotopic (exact) mass is 391 g/mol. The maximum absolute atomic E-state index is 13.0. The predicted molar refractivity (Wildman–Crippen MR) is 113 cm³/mol. The Hall–Kier alpha value is -3.54. The van der Waals surface area contributed by atoms with Crippen LogP contribution in [0.4, 0.5) is 0 Å². The minimum Gasteiger partial charge on any atom is -0.493 e. The van der Waals surface area contributed by atoms with Crippen LogP contribution in [0.1, 0.15) is 21.5 Å². The zero-order valence-electron chi connectivity index (χ0n) is 17.0. The van der Waals surface area contributed by atoms with Crippen molar-refractivity contribution in [1.82, 2.24) is 14.7 Å². The van der Waals surface area contributed by atoms with E-state index in [4.69, 9.17) is 9.47 Å². The quantitative estimate of drug-likeness (QED) is 0.547. The molecule has 6 nitrogen and oxygen atoms in total. The SMILES string of the molecule is C=CCc1cc(C(=O)N(C)Cc2cnn(-c3ccccc3)c2)cc(OC)c1OC. The number of allylic oxidation sites excluding steroid dienone is 1. The zero-order chi connectivity index (χ0) is 20.8. The molecule has 0 saturated carbocycles. The van der Waals surface area contributed by atoms with E-state index in [1.54, 1.807) is 49.2 Å². The molecule has 0 aliphatic rings. The van der Waals surface area contributed by atoms with Gasteiger partial charge in [-0.15, -0.1) is 6.58 Å². The average molecular weight is 391 g/mol. The van der Waals surface area contributed by atoms with Gasteiger partial charge in [0.25, 0.3) is 5.91 Å². The Bertz CT molecular complexity index is 996. The molecule has 150 valence electrons. The fraction of sp³-hybridized carbons (Fsp3) is 0.217. The van der Waals surface area contributed by atoms with E-state index in [1.165, 1.54) is 0 Å². The highest BCUT2D eigenvalue weighted by atomic mass is 16.5. The number of benzene rings is 2. The molecule has 0 aliphatic carbocycles. The maximum atomic E-state index is 13.0. The molecule has 3 rings (SSSR count). The van der Waals surface area contributed by atoms with Crippen LogP contribution in [0, 0.1) is 0 Å². The number of methoxy groups -OCH3 is 2. The number of nitrogens with zero attached hydrogens (tertiary/aromatic N) is 3. The molecule has 0 saturated heterocycles. The average Bonchev–Trinajstić information content (AvgIpc) is 3.21. The van der Waals surface area contributed by atoms with Gasteiger partial charge in [-0.1, -0.05) is 24.3 Å². The lowest BCUT2D eigenvalue weighted by Crippen LogP contribution is -2.26. The summed E-state index contributed by atoms with van der Waals surface area (Å²) in [6.07, 6.45) is 6.05. The van der Waals surface area contributed by atoms with E-state index in [2.05, 4.69) is 11.7 Å². The maximum Gasteiger partial charge on any atom is 0.254 e. The molecule has 29 heavy (non-hydrogen) atoms. The summed E-state index contributed by atoms with van der Waals surface area (Å²) in [5.74, 6) is 1.04. The van der Waals surface area contributed by atoms with Gasteiger partial charge in [-0.05, 0) is 30.7 Å². The summed E-state index contributed by atoms with van der Waals surface area (Å²) >= 11 is 0. The minimum absolute atomic E-state index is 0.108. The van der Waals surface area contributed by atoms with E-state index < -0.39 is 0 Å². The van der Waals surface area contributed by atoms with Gasteiger partial charge in [-0.3, -0.25) is 4.79 Å². The van der Waals surface area contributed by atoms with Crippen molar-refractivity contribution in [1.29, 1.82) is 0 Å². The van der Waals surface area contributed by atoms with Crippen LogP contribution in [0.5, 0.6) is 11.5 Å². The summed E-state index contributed by atoms with van der Waals surface area (Å²) in [5, 5.41) is 4.39. The lowest BCUT2D eigenvalue weighted by atomic mass is 10.0. The Balaban J connectivity index is 1.81. The molecule has 0 bridgehead atoms. The van der Waals surface area contributed by atoms with Crippen molar-refractivity contribution in [2.75, 3.05) is 21.3 Å². The molecule has 0 radical (unpaired) electrons. The number of amides is 1. The van der Waals surface area contributed by atoms with Crippen LogP contribution in [-0.2, 0) is 13.0 Å². The fourth-order valence-corrected chi connectivity index (χ4v) is 3.20. The summed E-state index contributed by atoms with van der Waals surface area (Å²) < 4.78 is 12.7. The van der Waals surface area contributed by atoms with Crippen molar-refractivity contribution in [3.63, 3.8) is 0 Å². The molecule has 1 heterocycles. The van der Waals surface area contributed by atoms with E-state index in [0.29, 0.717) is 30.0 Å². The molecule has 0 aliphatic heterocycles. The van der Waals surface area contributed by atoms with E-state index in [1.807, 2.05) is 42.6 Å². The Morgan fingerprint density at radius 3 is 2.62 bits per heavy atom. The summed E-state index contributed by atoms with van der Waals surface area (Å²) in [7, 11) is 4.92. The third kappa shape index (κ3) is 4.48. The first-order chi connectivity index (χ1) is 14.1. The third-order valence-corrected chi connectivity index (χ3v) is 4.59. The molecule has 2 aromatic carbocycles. The molecule has 0 fully saturated rings. The second kappa shape index (κ2) is 9.10. The van der Waals surface area contributed by atoms with Crippen molar-refractivity contribution >= 4 is 5.91 Å². The summed E-state index contributed by atoms with van der Waals surface area (Å²) in [6, 6.07) is 13.4. The summed E-state index contributed by atoms with van der Waals surface area (Å²) in [5.41, 5.74) is 3.31. The number of ether oxygens (including phenoxy) is 2. The first kappa shape index (κ1) is 20.2. The topological polar surface area (TPSA) is 56.6 Å². The second-order valence-corrected chi connectivity index (χ2v) is 6.65. The Kier molecular flexibility index (Phi) is 6.34. The number of hydrogen-bond acceptors (Lipinski definition) is 4. The van der Waals surface area contributed by atoms with Crippen molar-refractivity contribution in [2.45, 2.75) is 13.0 Å². The number of hydrogen-bond donors (Lipinski definition) is 0. The van der Waals surface area contributed by atoms with Gasteiger partial charge in [0.2, 0.25) is 0 Å². The van der Waals surface area contributed by atoms with Crippen LogP contribution < -0.4 is 9.47 Å². The van der Waals surface area contributed by atoms with Crippen LogP contribution in [0.25, 0.3) is 5.69 Å². The van der Waals surface area contributed by atoms with Gasteiger partial charge in [0, 0.05) is 36.5 Å². The van der Waals surface area contributed by atoms with Crippen LogP contribution in [0.2, 0.25) is 0 Å². The first-order valence-electron chi connectivity index (χ1n) is 9.27. The van der Waals surface area contributed by atoms with Crippen LogP contribution in [0.15, 0.2) is 67.5 Å². The highest BCUT2D eigenvalue weighted by molar-refractivity contribution is 5.95. The van der Waals surface area contributed by atoms with E-state index in [9.17, 15) is 4.79 Å². The van der Waals surface area contributed by atoms with Gasteiger partial charge >= 0.3 is 0 Å². The third-order valence-electron chi connectivity index (χ3n) is 4.59. The number of carbonyl (C=O) groups excluding carboxylic acids is 1. The zero-order valence-corrected chi connectivity index (χ0v) is 17.0. The molecule has 6 heteroatoms. The summed E-state index contributed by atoms with van der Waals surface area (Å²) in [6.45, 7) is 4.22. The lowest BCUT2D eigenvalue weighted by Gasteiger charge is -2.19. The van der Waals surface area contributed by atoms with Crippen LogP contribution in [-0.4, -0.2) is 41.9 Å². The highest BCUT2D eigenvalue weighted by Crippen LogP contribution is 2.33. The van der Waals surface area contributed by atoms with E-state index in [-0.39, 0.29) is 5.91 Å². The number of aromatic nitrogens is 2. The van der Waals surface area contributed by atoms with Gasteiger partial charge in [-0.2, -0.15) is 5.10 Å². The number of rotatable bonds is 8. The predicted octanol–water partition coefficient (Wildman–Crippen LogP) is 3.89. The Morgan fingerprint density at radius 1 is 1.21 bits per heavy atom. The van der Waals surface area contributed by atoms with Crippen LogP contribution in [0.3, 0.4) is 0 Å². The minimum atomic E-state index is -0.108. The highest BCUT2D eigenvalue weighted by Gasteiger charge is 2.19. The molecule has 0 unspecified atom stereocenters. The van der Waals surface area contributed by atoms with Crippen molar-refractivity contribution in [3.05, 3.63) is 84.2 Å². The van der Waals surface area contributed by atoms with Crippen molar-refractivity contribution in [3.8, 4) is 17.2 Å². The first-order valence-corrected chi connectivity index (χ1v) is 9.27. The largest absolute Gasteiger partial charge is 0.493 e. The lowest BCUT2D eigenvalue weighted by molar-refractivity contribution is 0.0784. The standard InChI is InChI=1S/C23H25N3O3/c1-5-9-18-12-19(13-21(28-3)22(18)29-4)23(27)25(2)15-17-14-24-26(16-17)20-10-7-6-8-11-20/h5-8,10-14,16H,1,9,15H2,2-4H3. The smallest absolute Gasteiger partial charge is 0.254 e. The van der Waals surface area contributed by atoms with E-state index in [0.717, 1.165) is 16.8 Å². The molecular weight excluding hydrogens is 366 g/mol. The molecular formula is C23H25N3O3. The van der Waals surface area contributed by atoms with Crippen molar-refractivity contribution < 1.29 is 14.3 Å². The second-order valence-electron chi connectivity index (χ2n) is 6.65. The van der Waals surface area contributed by atoms with Gasteiger partial charge in [-0.25, -0.2) is 4.68 Å². The Morgan fingerprint density at radius 2 is 1.97 bits per heavy atom. The fourth-order valence-electron chi connectivity index (χ4n) is 3.20. The number of para-hydroxylation sites is 1. The molecule has 3 aromatic rings. The molecule has 0 atom stereocenters. The molecule has 0 spiro atoms. The molecule has 0 N–H and O–H groups in total. The van der Waals surface area contributed by atoms with Crippen LogP contribution >= 0.6 is 0 Å². The van der Waals surface area contributed by atoms with Gasteiger partial charge in [0.05, 0.1) is 26.1 Å². The van der Waals surface area contributed by atoms with Gasteiger partial charge in [0.15, 0.2) is 11.5 Å². The van der Waals surface area contributed by atoms with Crippen molar-refractivity contribution in [2.24, 2.45) is 0 Å². The van der Waals surface area contributed by atoms with Gasteiger partial charge < -0.3 is 14.4 Å². The number of carbonyl (C=O) groups is 1. The normalized spacial score (nSPS) is 10.4. The summed E-state index contributed by atoms with van der Waals surface area (Å²) in [4.78, 5) is 14.7. The Labute approximate surface area is 171 Å². The van der Waals surface area contributed by atoms with Gasteiger partial charge in [0.1, 0.15) is 0 Å². The molecule has 1 aromatic heterocycles. The molecule has 1 amide bonds.